The van der Waals surface area contributed by atoms with Gasteiger partial charge in [-0.2, -0.15) is 4.98 Å². The maximum absolute atomic E-state index is 12.0. The Morgan fingerprint density at radius 1 is 1.38 bits per heavy atom. The van der Waals surface area contributed by atoms with Crippen molar-refractivity contribution < 1.29 is 14.4 Å². The van der Waals surface area contributed by atoms with E-state index in [1.807, 2.05) is 0 Å². The van der Waals surface area contributed by atoms with Crippen LogP contribution >= 0.6 is 0 Å². The highest BCUT2D eigenvalue weighted by molar-refractivity contribution is 6.00. The molecule has 0 saturated heterocycles. The first-order valence-electron chi connectivity index (χ1n) is 5.82. The van der Waals surface area contributed by atoms with Gasteiger partial charge in [0.2, 0.25) is 6.39 Å². The fourth-order valence-electron chi connectivity index (χ4n) is 2.06. The van der Waals surface area contributed by atoms with Crippen molar-refractivity contribution in [3.05, 3.63) is 56.7 Å². The van der Waals surface area contributed by atoms with Crippen LogP contribution in [0.2, 0.25) is 0 Å². The molecule has 21 heavy (non-hydrogen) atoms. The lowest BCUT2D eigenvalue weighted by Gasteiger charge is -2.09. The van der Waals surface area contributed by atoms with Gasteiger partial charge in [-0.15, -0.1) is 0 Å². The monoisotopic (exact) mass is 288 g/mol. The van der Waals surface area contributed by atoms with Gasteiger partial charge >= 0.3 is 17.1 Å². The standard InChI is InChI=1S/C12H8N4O5/c17-10-11(18)16(4-8-13-5-21-15-8)9-6(12(19)20)2-1-3-7(9)14-10/h1-3,5H,4H2,(H,14,17)(H,19,20). The summed E-state index contributed by atoms with van der Waals surface area (Å²) < 4.78 is 5.58. The average Bonchev–Trinajstić information content (AvgIpc) is 2.96. The topological polar surface area (TPSA) is 131 Å². The highest BCUT2D eigenvalue weighted by atomic mass is 16.5. The summed E-state index contributed by atoms with van der Waals surface area (Å²) in [6.45, 7) is -0.167. The van der Waals surface area contributed by atoms with Gasteiger partial charge in [-0.05, 0) is 12.1 Å². The van der Waals surface area contributed by atoms with E-state index in [-0.39, 0.29) is 29.0 Å². The van der Waals surface area contributed by atoms with E-state index in [1.165, 1.54) is 18.2 Å². The van der Waals surface area contributed by atoms with Crippen molar-refractivity contribution in [3.63, 3.8) is 0 Å². The Balaban J connectivity index is 2.39. The minimum Gasteiger partial charge on any atom is -0.478 e. The third-order valence-corrected chi connectivity index (χ3v) is 2.93. The van der Waals surface area contributed by atoms with Crippen LogP contribution in [0.5, 0.6) is 0 Å². The largest absolute Gasteiger partial charge is 0.478 e. The summed E-state index contributed by atoms with van der Waals surface area (Å²) in [4.78, 5) is 41.1. The summed E-state index contributed by atoms with van der Waals surface area (Å²) in [6.07, 6.45) is 1.08. The Morgan fingerprint density at radius 2 is 2.19 bits per heavy atom. The summed E-state index contributed by atoms with van der Waals surface area (Å²) >= 11 is 0. The van der Waals surface area contributed by atoms with Gasteiger partial charge in [-0.25, -0.2) is 4.79 Å². The molecule has 0 bridgehead atoms. The zero-order valence-electron chi connectivity index (χ0n) is 10.4. The van der Waals surface area contributed by atoms with E-state index in [9.17, 15) is 19.5 Å². The molecule has 0 radical (unpaired) electrons. The van der Waals surface area contributed by atoms with Gasteiger partial charge in [-0.1, -0.05) is 11.2 Å². The smallest absolute Gasteiger partial charge is 0.337 e. The van der Waals surface area contributed by atoms with Crippen LogP contribution in [0, 0.1) is 0 Å². The number of aromatic amines is 1. The van der Waals surface area contributed by atoms with Crippen molar-refractivity contribution in [2.75, 3.05) is 0 Å². The SMILES string of the molecule is O=C(O)c1cccc2[nH]c(=O)c(=O)n(Cc3ncon3)c12. The first-order chi connectivity index (χ1) is 10.1. The predicted molar refractivity (Wildman–Crippen MR) is 69.2 cm³/mol. The molecule has 0 spiro atoms. The lowest BCUT2D eigenvalue weighted by atomic mass is 10.1. The summed E-state index contributed by atoms with van der Waals surface area (Å²) in [5.41, 5.74) is -1.51. The molecular formula is C12H8N4O5. The van der Waals surface area contributed by atoms with Crippen LogP contribution in [0.3, 0.4) is 0 Å². The number of hydrogen-bond donors (Lipinski definition) is 2. The Hall–Kier alpha value is -3.23. The zero-order chi connectivity index (χ0) is 15.0. The summed E-state index contributed by atoms with van der Waals surface area (Å²) in [6, 6.07) is 4.33. The molecule has 1 aromatic carbocycles. The molecule has 106 valence electrons. The van der Waals surface area contributed by atoms with Gasteiger partial charge in [0.05, 0.1) is 23.1 Å². The zero-order valence-corrected chi connectivity index (χ0v) is 10.4. The predicted octanol–water partition coefficient (Wildman–Crippen LogP) is -0.181. The molecule has 2 heterocycles. The first-order valence-corrected chi connectivity index (χ1v) is 5.82. The number of rotatable bonds is 3. The number of para-hydroxylation sites is 1. The Bertz CT molecular complexity index is 938. The molecule has 0 aliphatic rings. The molecule has 3 aromatic rings. The molecule has 0 atom stereocenters. The van der Waals surface area contributed by atoms with E-state index in [1.54, 1.807) is 0 Å². The molecule has 9 nitrogen and oxygen atoms in total. The van der Waals surface area contributed by atoms with Crippen LogP contribution in [-0.4, -0.2) is 30.8 Å². The van der Waals surface area contributed by atoms with E-state index in [0.717, 1.165) is 11.0 Å². The molecule has 0 fully saturated rings. The van der Waals surface area contributed by atoms with Crippen LogP contribution in [0.15, 0.2) is 38.7 Å². The lowest BCUT2D eigenvalue weighted by Crippen LogP contribution is -2.37. The minimum atomic E-state index is -1.21. The van der Waals surface area contributed by atoms with Crippen LogP contribution in [0.4, 0.5) is 0 Å². The van der Waals surface area contributed by atoms with Crippen molar-refractivity contribution in [1.82, 2.24) is 19.7 Å². The molecule has 0 saturated carbocycles. The molecule has 2 aromatic heterocycles. The maximum Gasteiger partial charge on any atom is 0.337 e. The molecule has 2 N–H and O–H groups in total. The number of nitrogens with one attached hydrogen (secondary N) is 1. The molecular weight excluding hydrogens is 280 g/mol. The third-order valence-electron chi connectivity index (χ3n) is 2.93. The van der Waals surface area contributed by atoms with E-state index < -0.39 is 17.1 Å². The van der Waals surface area contributed by atoms with Crippen LogP contribution in [-0.2, 0) is 6.54 Å². The van der Waals surface area contributed by atoms with Gasteiger partial charge in [0.25, 0.3) is 0 Å². The van der Waals surface area contributed by atoms with E-state index in [2.05, 4.69) is 19.6 Å². The number of aromatic carboxylic acids is 1. The van der Waals surface area contributed by atoms with Crippen LogP contribution < -0.4 is 11.1 Å². The molecule has 0 aliphatic heterocycles. The summed E-state index contributed by atoms with van der Waals surface area (Å²) in [7, 11) is 0. The maximum atomic E-state index is 12.0. The average molecular weight is 288 g/mol. The fourth-order valence-corrected chi connectivity index (χ4v) is 2.06. The molecule has 0 amide bonds. The van der Waals surface area contributed by atoms with Gasteiger partial charge < -0.3 is 14.6 Å². The van der Waals surface area contributed by atoms with Crippen molar-refractivity contribution in [2.24, 2.45) is 0 Å². The Morgan fingerprint density at radius 3 is 2.86 bits per heavy atom. The van der Waals surface area contributed by atoms with Gasteiger partial charge in [0.1, 0.15) is 0 Å². The van der Waals surface area contributed by atoms with Crippen LogP contribution in [0.1, 0.15) is 16.2 Å². The van der Waals surface area contributed by atoms with Gasteiger partial charge in [-0.3, -0.25) is 14.2 Å². The molecule has 3 rings (SSSR count). The second kappa shape index (κ2) is 4.71. The Kier molecular flexibility index (Phi) is 2.87. The number of benzene rings is 1. The molecule has 9 heteroatoms. The number of carboxylic acids is 1. The number of H-pyrrole nitrogens is 1. The number of fused-ring (bicyclic) bond motifs is 1. The number of carbonyl (C=O) groups is 1. The second-order valence-electron chi connectivity index (χ2n) is 4.20. The quantitative estimate of drug-likeness (QED) is 0.639. The number of hydrogen-bond acceptors (Lipinski definition) is 6. The van der Waals surface area contributed by atoms with Gasteiger partial charge in [0, 0.05) is 0 Å². The normalized spacial score (nSPS) is 10.9. The highest BCUT2D eigenvalue weighted by Crippen LogP contribution is 2.15. The number of nitrogens with zero attached hydrogens (tertiary/aromatic N) is 3. The van der Waals surface area contributed by atoms with E-state index >= 15 is 0 Å². The minimum absolute atomic E-state index is 0.0967. The second-order valence-corrected chi connectivity index (χ2v) is 4.20. The Labute approximate surface area is 115 Å². The third kappa shape index (κ3) is 2.10. The first kappa shape index (κ1) is 12.8. The molecule has 0 aliphatic carbocycles. The van der Waals surface area contributed by atoms with Crippen molar-refractivity contribution in [3.8, 4) is 0 Å². The summed E-state index contributed by atoms with van der Waals surface area (Å²) in [5, 5.41) is 12.8. The number of aromatic nitrogens is 4. The van der Waals surface area contributed by atoms with Crippen molar-refractivity contribution >= 4 is 17.0 Å². The van der Waals surface area contributed by atoms with Gasteiger partial charge in [0.15, 0.2) is 5.82 Å². The lowest BCUT2D eigenvalue weighted by molar-refractivity contribution is 0.0698. The summed E-state index contributed by atoms with van der Waals surface area (Å²) in [5.74, 6) is -1.06. The number of carboxylic acid groups (broad SMARTS) is 1. The fraction of sp³-hybridized carbons (Fsp3) is 0.0833. The van der Waals surface area contributed by atoms with E-state index in [4.69, 9.17) is 0 Å². The molecule has 0 unspecified atom stereocenters. The van der Waals surface area contributed by atoms with Crippen molar-refractivity contribution in [2.45, 2.75) is 6.54 Å². The highest BCUT2D eigenvalue weighted by Gasteiger charge is 2.16. The van der Waals surface area contributed by atoms with Crippen LogP contribution in [0.25, 0.3) is 11.0 Å². The van der Waals surface area contributed by atoms with E-state index in [0.29, 0.717) is 0 Å². The van der Waals surface area contributed by atoms with Crippen molar-refractivity contribution in [1.29, 1.82) is 0 Å².